The van der Waals surface area contributed by atoms with E-state index in [-0.39, 0.29) is 29.7 Å². The predicted octanol–water partition coefficient (Wildman–Crippen LogP) is 4.97. The molecule has 2 aromatic heterocycles. The third-order valence-corrected chi connectivity index (χ3v) is 10.1. The summed E-state index contributed by atoms with van der Waals surface area (Å²) in [5.74, 6) is 0.794. The average Bonchev–Trinajstić information content (AvgIpc) is 3.11. The van der Waals surface area contributed by atoms with Crippen molar-refractivity contribution >= 4 is 15.7 Å². The molecular weight excluding hydrogens is 512 g/mol. The average molecular weight is 553 g/mol. The van der Waals surface area contributed by atoms with E-state index in [0.717, 1.165) is 19.3 Å². The summed E-state index contributed by atoms with van der Waals surface area (Å²) in [4.78, 5) is 17.6. The predicted molar refractivity (Wildman–Crippen MR) is 152 cm³/mol. The molecule has 3 aromatic rings. The second-order valence-electron chi connectivity index (χ2n) is 11.5. The first-order valence-corrected chi connectivity index (χ1v) is 15.1. The molecule has 1 fully saturated rings. The van der Waals surface area contributed by atoms with Gasteiger partial charge in [0.2, 0.25) is 5.91 Å². The van der Waals surface area contributed by atoms with E-state index in [2.05, 4.69) is 41.4 Å². The highest BCUT2D eigenvalue weighted by Crippen LogP contribution is 2.43. The Morgan fingerprint density at radius 2 is 1.74 bits per heavy atom. The van der Waals surface area contributed by atoms with Gasteiger partial charge in [-0.2, -0.15) is 5.10 Å². The van der Waals surface area contributed by atoms with Gasteiger partial charge >= 0.3 is 0 Å². The van der Waals surface area contributed by atoms with Crippen LogP contribution in [0.5, 0.6) is 5.75 Å². The van der Waals surface area contributed by atoms with E-state index in [1.165, 1.54) is 5.56 Å². The van der Waals surface area contributed by atoms with E-state index < -0.39 is 9.84 Å². The lowest BCUT2D eigenvalue weighted by molar-refractivity contribution is -0.123. The Balaban J connectivity index is 1.46. The van der Waals surface area contributed by atoms with E-state index in [1.54, 1.807) is 44.7 Å². The Morgan fingerprint density at radius 1 is 1.10 bits per heavy atom. The Labute approximate surface area is 232 Å². The van der Waals surface area contributed by atoms with Gasteiger partial charge in [-0.05, 0) is 99.2 Å². The summed E-state index contributed by atoms with van der Waals surface area (Å²) in [6, 6.07) is 7.69. The lowest BCUT2D eigenvalue weighted by Crippen LogP contribution is -2.49. The molecule has 210 valence electrons. The molecule has 0 radical (unpaired) electrons. The molecule has 1 saturated carbocycles. The number of hydrogen-bond acceptors (Lipinski definition) is 6. The standard InChI is InChI=1S/C30H40N4O4S/c1-19-14-25(38-7)15-20(2)29(19)39(36,37)18-26-21(3)33-34(22(26)4)17-28(35)32-27-9-8-24(16-30(27,5)6)23-10-12-31-13-11-23/h10-15,24,27H,8-9,16-18H2,1-7H3,(H,32,35). The number of nitrogens with zero attached hydrogens (tertiary/aromatic N) is 3. The van der Waals surface area contributed by atoms with Crippen LogP contribution in [-0.4, -0.2) is 42.2 Å². The first kappa shape index (κ1) is 28.8. The fraction of sp³-hybridized carbons (Fsp3) is 0.500. The van der Waals surface area contributed by atoms with E-state index in [4.69, 9.17) is 4.74 Å². The molecule has 2 atom stereocenters. The van der Waals surface area contributed by atoms with Gasteiger partial charge in [0.15, 0.2) is 9.84 Å². The third-order valence-electron chi connectivity index (χ3n) is 8.17. The number of nitrogens with one attached hydrogen (secondary N) is 1. The maximum absolute atomic E-state index is 13.5. The minimum Gasteiger partial charge on any atom is -0.497 e. The molecule has 1 N–H and O–H groups in total. The summed E-state index contributed by atoms with van der Waals surface area (Å²) < 4.78 is 33.9. The maximum Gasteiger partial charge on any atom is 0.241 e. The Hall–Kier alpha value is -3.20. The number of carbonyl (C=O) groups excluding carboxylic acids is 1. The normalized spacial score (nSPS) is 19.1. The molecule has 9 heteroatoms. The molecule has 0 saturated heterocycles. The quantitative estimate of drug-likeness (QED) is 0.423. The minimum absolute atomic E-state index is 0.0493. The zero-order chi connectivity index (χ0) is 28.5. The topological polar surface area (TPSA) is 103 Å². The summed E-state index contributed by atoms with van der Waals surface area (Å²) in [5.41, 5.74) is 4.47. The van der Waals surface area contributed by atoms with Crippen LogP contribution in [0.3, 0.4) is 0 Å². The molecule has 0 aliphatic heterocycles. The lowest BCUT2D eigenvalue weighted by atomic mass is 9.67. The number of hydrogen-bond donors (Lipinski definition) is 1. The summed E-state index contributed by atoms with van der Waals surface area (Å²) in [5, 5.41) is 7.79. The number of amides is 1. The van der Waals surface area contributed by atoms with Crippen molar-refractivity contribution in [3.05, 3.63) is 70.3 Å². The van der Waals surface area contributed by atoms with Crippen molar-refractivity contribution in [2.45, 2.75) is 90.0 Å². The van der Waals surface area contributed by atoms with Crippen LogP contribution in [0.1, 0.15) is 72.7 Å². The zero-order valence-electron chi connectivity index (χ0n) is 24.0. The van der Waals surface area contributed by atoms with Crippen LogP contribution in [0.2, 0.25) is 0 Å². The van der Waals surface area contributed by atoms with E-state index in [0.29, 0.717) is 44.6 Å². The summed E-state index contributed by atoms with van der Waals surface area (Å²) in [7, 11) is -2.08. The van der Waals surface area contributed by atoms with Gasteiger partial charge in [-0.1, -0.05) is 13.8 Å². The van der Waals surface area contributed by atoms with Gasteiger partial charge in [0, 0.05) is 29.7 Å². The van der Waals surface area contributed by atoms with Gasteiger partial charge in [0.25, 0.3) is 0 Å². The molecule has 1 aliphatic rings. The van der Waals surface area contributed by atoms with Crippen LogP contribution in [0.4, 0.5) is 0 Å². The molecule has 39 heavy (non-hydrogen) atoms. The van der Waals surface area contributed by atoms with Crippen molar-refractivity contribution in [2.24, 2.45) is 5.41 Å². The molecule has 2 unspecified atom stereocenters. The number of carbonyl (C=O) groups is 1. The number of aromatic nitrogens is 3. The van der Waals surface area contributed by atoms with E-state index >= 15 is 0 Å². The van der Waals surface area contributed by atoms with Crippen LogP contribution in [0, 0.1) is 33.1 Å². The lowest BCUT2D eigenvalue weighted by Gasteiger charge is -2.43. The fourth-order valence-corrected chi connectivity index (χ4v) is 8.12. The van der Waals surface area contributed by atoms with Crippen molar-refractivity contribution in [2.75, 3.05) is 7.11 Å². The second kappa shape index (κ2) is 11.1. The zero-order valence-corrected chi connectivity index (χ0v) is 24.9. The molecule has 1 aliphatic carbocycles. The van der Waals surface area contributed by atoms with Gasteiger partial charge in [-0.15, -0.1) is 0 Å². The van der Waals surface area contributed by atoms with Crippen molar-refractivity contribution < 1.29 is 17.9 Å². The molecule has 2 heterocycles. The number of rotatable bonds is 8. The van der Waals surface area contributed by atoms with Gasteiger partial charge in [-0.3, -0.25) is 14.5 Å². The molecule has 4 rings (SSSR count). The highest BCUT2D eigenvalue weighted by Gasteiger charge is 2.38. The van der Waals surface area contributed by atoms with Crippen molar-refractivity contribution in [3.63, 3.8) is 0 Å². The van der Waals surface area contributed by atoms with Gasteiger partial charge in [0.05, 0.1) is 23.5 Å². The Bertz CT molecular complexity index is 1440. The molecule has 1 aromatic carbocycles. The number of sulfone groups is 1. The van der Waals surface area contributed by atoms with E-state index in [1.807, 2.05) is 19.3 Å². The monoisotopic (exact) mass is 552 g/mol. The summed E-state index contributed by atoms with van der Waals surface area (Å²) in [6.07, 6.45) is 6.55. The first-order chi connectivity index (χ1) is 18.3. The molecule has 0 spiro atoms. The number of aryl methyl sites for hydroxylation is 3. The largest absolute Gasteiger partial charge is 0.497 e. The highest BCUT2D eigenvalue weighted by atomic mass is 32.2. The smallest absolute Gasteiger partial charge is 0.241 e. The molecule has 0 bridgehead atoms. The molecule has 1 amide bonds. The number of benzene rings is 1. The summed E-state index contributed by atoms with van der Waals surface area (Å²) >= 11 is 0. The van der Waals surface area contributed by atoms with Crippen molar-refractivity contribution in [1.82, 2.24) is 20.1 Å². The first-order valence-electron chi connectivity index (χ1n) is 13.4. The van der Waals surface area contributed by atoms with Gasteiger partial charge in [0.1, 0.15) is 12.3 Å². The van der Waals surface area contributed by atoms with Crippen LogP contribution in [0.25, 0.3) is 0 Å². The van der Waals surface area contributed by atoms with Crippen molar-refractivity contribution in [1.29, 1.82) is 0 Å². The Kier molecular flexibility index (Phi) is 8.21. The number of methoxy groups -OCH3 is 1. The molecular formula is C30H40N4O4S. The SMILES string of the molecule is COc1cc(C)c(S(=O)(=O)Cc2c(C)nn(CC(=O)NC3CCC(c4ccncc4)CC3(C)C)c2C)c(C)c1. The van der Waals surface area contributed by atoms with Crippen molar-refractivity contribution in [3.8, 4) is 5.75 Å². The van der Waals surface area contributed by atoms with Crippen LogP contribution in [0.15, 0.2) is 41.6 Å². The van der Waals surface area contributed by atoms with Crippen LogP contribution < -0.4 is 10.1 Å². The number of pyridine rings is 1. The van der Waals surface area contributed by atoms with Crippen LogP contribution >= 0.6 is 0 Å². The fourth-order valence-electron chi connectivity index (χ4n) is 6.08. The highest BCUT2D eigenvalue weighted by molar-refractivity contribution is 7.90. The third kappa shape index (κ3) is 6.19. The second-order valence-corrected chi connectivity index (χ2v) is 13.5. The van der Waals surface area contributed by atoms with Crippen LogP contribution in [-0.2, 0) is 26.9 Å². The van der Waals surface area contributed by atoms with Gasteiger partial charge in [-0.25, -0.2) is 8.42 Å². The maximum atomic E-state index is 13.5. The summed E-state index contributed by atoms with van der Waals surface area (Å²) in [6.45, 7) is 11.7. The minimum atomic E-state index is -3.64. The number of ether oxygens (including phenoxy) is 1. The van der Waals surface area contributed by atoms with Gasteiger partial charge < -0.3 is 10.1 Å². The molecule has 8 nitrogen and oxygen atoms in total. The Morgan fingerprint density at radius 3 is 2.33 bits per heavy atom. The van der Waals surface area contributed by atoms with E-state index in [9.17, 15) is 13.2 Å².